The summed E-state index contributed by atoms with van der Waals surface area (Å²) in [4.78, 5) is 0. The molecule has 1 aromatic carbocycles. The Kier molecular flexibility index (Phi) is 5.61. The Hall–Kier alpha value is -0.760. The molecule has 1 aromatic rings. The summed E-state index contributed by atoms with van der Waals surface area (Å²) in [5.41, 5.74) is 0.772. The first-order valence-electron chi connectivity index (χ1n) is 5.68. The fourth-order valence-electron chi connectivity index (χ4n) is 1.48. The second-order valence-corrected chi connectivity index (χ2v) is 4.16. The molecule has 16 heavy (non-hydrogen) atoms. The van der Waals surface area contributed by atoms with Crippen LogP contribution in [0.2, 0.25) is 0 Å². The molecule has 3 heteroatoms. The summed E-state index contributed by atoms with van der Waals surface area (Å²) in [5.74, 6) is 0.806. The third-order valence-electron chi connectivity index (χ3n) is 2.78. The van der Waals surface area contributed by atoms with Crippen LogP contribution < -0.4 is 4.74 Å². The Morgan fingerprint density at radius 3 is 2.50 bits per heavy atom. The molecule has 0 aliphatic carbocycles. The van der Waals surface area contributed by atoms with Crippen LogP contribution in [-0.2, 0) is 5.88 Å². The van der Waals surface area contributed by atoms with E-state index in [1.165, 1.54) is 6.07 Å². The van der Waals surface area contributed by atoms with E-state index in [4.69, 9.17) is 16.3 Å². The summed E-state index contributed by atoms with van der Waals surface area (Å²) in [7, 11) is 0. The van der Waals surface area contributed by atoms with Crippen LogP contribution >= 0.6 is 11.6 Å². The van der Waals surface area contributed by atoms with Gasteiger partial charge in [0.15, 0.2) is 11.6 Å². The van der Waals surface area contributed by atoms with E-state index in [9.17, 15) is 4.39 Å². The molecule has 0 saturated heterocycles. The maximum Gasteiger partial charge on any atom is 0.165 e. The highest BCUT2D eigenvalue weighted by Gasteiger charge is 2.08. The van der Waals surface area contributed by atoms with Crippen molar-refractivity contribution in [3.63, 3.8) is 0 Å². The Balaban J connectivity index is 2.60. The van der Waals surface area contributed by atoms with Crippen LogP contribution in [0.3, 0.4) is 0 Å². The van der Waals surface area contributed by atoms with Crippen molar-refractivity contribution >= 4 is 11.6 Å². The average Bonchev–Trinajstić information content (AvgIpc) is 2.32. The van der Waals surface area contributed by atoms with Crippen LogP contribution in [-0.4, -0.2) is 6.61 Å². The van der Waals surface area contributed by atoms with Crippen LogP contribution in [0.15, 0.2) is 18.2 Å². The molecule has 0 aromatic heterocycles. The predicted molar refractivity (Wildman–Crippen MR) is 65.5 cm³/mol. The van der Waals surface area contributed by atoms with Crippen molar-refractivity contribution in [3.05, 3.63) is 29.6 Å². The molecule has 0 aliphatic rings. The van der Waals surface area contributed by atoms with Gasteiger partial charge in [-0.05, 0) is 23.6 Å². The molecular formula is C13H18ClFO. The molecule has 0 aliphatic heterocycles. The molecule has 1 rings (SSSR count). The monoisotopic (exact) mass is 244 g/mol. The zero-order valence-corrected chi connectivity index (χ0v) is 10.6. The van der Waals surface area contributed by atoms with E-state index in [0.29, 0.717) is 24.2 Å². The van der Waals surface area contributed by atoms with Crippen LogP contribution in [0.1, 0.15) is 32.3 Å². The van der Waals surface area contributed by atoms with Gasteiger partial charge in [-0.25, -0.2) is 4.39 Å². The van der Waals surface area contributed by atoms with Crippen molar-refractivity contribution in [1.29, 1.82) is 0 Å². The predicted octanol–water partition coefficient (Wildman–Crippen LogP) is 4.38. The van der Waals surface area contributed by atoms with E-state index in [1.807, 2.05) is 0 Å². The van der Waals surface area contributed by atoms with Gasteiger partial charge in [0.05, 0.1) is 6.61 Å². The summed E-state index contributed by atoms with van der Waals surface area (Å²) >= 11 is 5.62. The first-order valence-corrected chi connectivity index (χ1v) is 6.21. The highest BCUT2D eigenvalue weighted by molar-refractivity contribution is 6.17. The molecule has 0 bridgehead atoms. The molecule has 0 heterocycles. The number of rotatable bonds is 6. The number of benzene rings is 1. The Morgan fingerprint density at radius 2 is 2.00 bits per heavy atom. The van der Waals surface area contributed by atoms with Crippen molar-refractivity contribution in [3.8, 4) is 5.75 Å². The van der Waals surface area contributed by atoms with Gasteiger partial charge in [-0.1, -0.05) is 32.8 Å². The van der Waals surface area contributed by atoms with Crippen LogP contribution in [0, 0.1) is 11.7 Å². The second kappa shape index (κ2) is 6.74. The van der Waals surface area contributed by atoms with Gasteiger partial charge in [0.25, 0.3) is 0 Å². The largest absolute Gasteiger partial charge is 0.490 e. The van der Waals surface area contributed by atoms with E-state index in [2.05, 4.69) is 13.8 Å². The first-order chi connectivity index (χ1) is 7.71. The maximum atomic E-state index is 13.5. The Morgan fingerprint density at radius 1 is 1.31 bits per heavy atom. The third kappa shape index (κ3) is 3.67. The molecular weight excluding hydrogens is 227 g/mol. The van der Waals surface area contributed by atoms with E-state index in [-0.39, 0.29) is 5.82 Å². The number of hydrogen-bond donors (Lipinski definition) is 0. The maximum absolute atomic E-state index is 13.5. The minimum Gasteiger partial charge on any atom is -0.490 e. The highest BCUT2D eigenvalue weighted by Crippen LogP contribution is 2.20. The summed E-state index contributed by atoms with van der Waals surface area (Å²) < 4.78 is 19.0. The lowest BCUT2D eigenvalue weighted by molar-refractivity contribution is 0.231. The fraction of sp³-hybridized carbons (Fsp3) is 0.538. The van der Waals surface area contributed by atoms with Crippen molar-refractivity contribution in [2.45, 2.75) is 32.6 Å². The minimum atomic E-state index is -0.330. The van der Waals surface area contributed by atoms with Crippen LogP contribution in [0.5, 0.6) is 5.75 Å². The van der Waals surface area contributed by atoms with Gasteiger partial charge in [-0.15, -0.1) is 11.6 Å². The lowest BCUT2D eigenvalue weighted by Gasteiger charge is -2.14. The number of hydrogen-bond acceptors (Lipinski definition) is 1. The van der Waals surface area contributed by atoms with Crippen molar-refractivity contribution in [2.24, 2.45) is 5.92 Å². The van der Waals surface area contributed by atoms with Gasteiger partial charge < -0.3 is 4.74 Å². The van der Waals surface area contributed by atoms with E-state index in [1.54, 1.807) is 12.1 Å². The zero-order chi connectivity index (χ0) is 12.0. The summed E-state index contributed by atoms with van der Waals surface area (Å²) in [6.07, 6.45) is 2.11. The van der Waals surface area contributed by atoms with Crippen molar-refractivity contribution < 1.29 is 9.13 Å². The molecule has 0 saturated carbocycles. The molecule has 0 spiro atoms. The molecule has 0 amide bonds. The highest BCUT2D eigenvalue weighted by atomic mass is 35.5. The second-order valence-electron chi connectivity index (χ2n) is 3.89. The molecule has 90 valence electrons. The normalized spacial score (nSPS) is 10.8. The van der Waals surface area contributed by atoms with Crippen molar-refractivity contribution in [2.75, 3.05) is 6.61 Å². The topological polar surface area (TPSA) is 9.23 Å². The van der Waals surface area contributed by atoms with Gasteiger partial charge in [-0.2, -0.15) is 0 Å². The van der Waals surface area contributed by atoms with Crippen LogP contribution in [0.4, 0.5) is 4.39 Å². The van der Waals surface area contributed by atoms with Gasteiger partial charge in [0.1, 0.15) is 0 Å². The van der Waals surface area contributed by atoms with Crippen LogP contribution in [0.25, 0.3) is 0 Å². The first kappa shape index (κ1) is 13.3. The number of ether oxygens (including phenoxy) is 1. The van der Waals surface area contributed by atoms with Gasteiger partial charge in [0, 0.05) is 5.88 Å². The fourth-order valence-corrected chi connectivity index (χ4v) is 1.64. The summed E-state index contributed by atoms with van der Waals surface area (Å²) in [5, 5.41) is 0. The smallest absolute Gasteiger partial charge is 0.165 e. The van der Waals surface area contributed by atoms with E-state index >= 15 is 0 Å². The quantitative estimate of drug-likeness (QED) is 0.675. The van der Waals surface area contributed by atoms with E-state index < -0.39 is 0 Å². The Bertz CT molecular complexity index is 324. The lowest BCUT2D eigenvalue weighted by atomic mass is 10.1. The molecule has 1 nitrogen and oxygen atoms in total. The minimum absolute atomic E-state index is 0.320. The van der Waals surface area contributed by atoms with Gasteiger partial charge in [0.2, 0.25) is 0 Å². The molecule has 0 atom stereocenters. The van der Waals surface area contributed by atoms with Gasteiger partial charge in [-0.3, -0.25) is 0 Å². The van der Waals surface area contributed by atoms with Gasteiger partial charge >= 0.3 is 0 Å². The molecule has 0 fully saturated rings. The Labute approximate surface area is 102 Å². The average molecular weight is 245 g/mol. The number of halogens is 2. The molecule has 0 N–H and O–H groups in total. The SMILES string of the molecule is CCC(CC)COc1ccc(CCl)cc1F. The zero-order valence-electron chi connectivity index (χ0n) is 9.80. The number of alkyl halides is 1. The van der Waals surface area contributed by atoms with Crippen molar-refractivity contribution in [1.82, 2.24) is 0 Å². The molecule has 0 radical (unpaired) electrons. The lowest BCUT2D eigenvalue weighted by Crippen LogP contribution is -2.10. The third-order valence-corrected chi connectivity index (χ3v) is 3.09. The molecule has 0 unspecified atom stereocenters. The summed E-state index contributed by atoms with van der Waals surface area (Å²) in [6.45, 7) is 4.80. The standard InChI is InChI=1S/C13H18ClFO/c1-3-10(4-2)9-16-13-6-5-11(8-14)7-12(13)15/h5-7,10H,3-4,8-9H2,1-2H3. The summed E-state index contributed by atoms with van der Waals surface area (Å²) in [6, 6.07) is 4.86. The van der Waals surface area contributed by atoms with E-state index in [0.717, 1.165) is 18.4 Å².